The molecule has 0 atom stereocenters. The van der Waals surface area contributed by atoms with Gasteiger partial charge in [-0.15, -0.1) is 0 Å². The van der Waals surface area contributed by atoms with Gasteiger partial charge in [-0.05, 0) is 45.7 Å². The normalized spacial score (nSPS) is 10.8. The molecule has 0 amide bonds. The summed E-state index contributed by atoms with van der Waals surface area (Å²) < 4.78 is 2.19. The van der Waals surface area contributed by atoms with Crippen molar-refractivity contribution in [1.82, 2.24) is 4.90 Å². The van der Waals surface area contributed by atoms with Crippen LogP contribution in [0.5, 0.6) is 0 Å². The first-order chi connectivity index (χ1) is 5.91. The summed E-state index contributed by atoms with van der Waals surface area (Å²) in [7, 11) is 4.20. The molecule has 0 saturated carbocycles. The molecule has 0 aromatic rings. The Morgan fingerprint density at radius 2 is 1.46 bits per heavy atom. The summed E-state index contributed by atoms with van der Waals surface area (Å²) in [6.45, 7) is 8.94. The van der Waals surface area contributed by atoms with E-state index in [1.54, 1.807) is 0 Å². The van der Waals surface area contributed by atoms with Gasteiger partial charge in [-0.2, -0.15) is 0 Å². The second kappa shape index (κ2) is 5.53. The minimum Gasteiger partial charge on any atom is -0.262 e. The second-order valence-corrected chi connectivity index (χ2v) is 4.75. The van der Waals surface area contributed by atoms with Gasteiger partial charge in [0.25, 0.3) is 0 Å². The van der Waals surface area contributed by atoms with Crippen molar-refractivity contribution in [3.05, 3.63) is 0 Å². The van der Waals surface area contributed by atoms with Crippen molar-refractivity contribution in [2.75, 3.05) is 20.4 Å². The standard InChI is InChI=1S/C10H23N2S/c1-8(2)12(9(3)4)10(13-7)11(5)6/h8-9H,1-7H3/q+1. The molecule has 0 rings (SSSR count). The Bertz CT molecular complexity index is 173. The molecule has 0 bridgehead atoms. The van der Waals surface area contributed by atoms with Gasteiger partial charge in [-0.25, -0.2) is 0 Å². The van der Waals surface area contributed by atoms with Crippen molar-refractivity contribution < 1.29 is 4.58 Å². The van der Waals surface area contributed by atoms with Gasteiger partial charge in [-0.3, -0.25) is 9.48 Å². The monoisotopic (exact) mass is 203 g/mol. The molecule has 0 aliphatic rings. The van der Waals surface area contributed by atoms with Crippen LogP contribution in [0, 0.1) is 0 Å². The van der Waals surface area contributed by atoms with Gasteiger partial charge in [0.1, 0.15) is 0 Å². The van der Waals surface area contributed by atoms with E-state index in [0.717, 1.165) is 0 Å². The molecule has 0 aromatic heterocycles. The van der Waals surface area contributed by atoms with Gasteiger partial charge in [-0.1, -0.05) is 0 Å². The molecular weight excluding hydrogens is 180 g/mol. The van der Waals surface area contributed by atoms with Crippen molar-refractivity contribution in [1.29, 1.82) is 0 Å². The van der Waals surface area contributed by atoms with Crippen LogP contribution in [0.4, 0.5) is 0 Å². The summed E-state index contributed by atoms with van der Waals surface area (Å²) in [5, 5.41) is 1.34. The van der Waals surface area contributed by atoms with Crippen molar-refractivity contribution in [3.63, 3.8) is 0 Å². The lowest BCUT2D eigenvalue weighted by Gasteiger charge is -2.26. The minimum atomic E-state index is 0.560. The van der Waals surface area contributed by atoms with Gasteiger partial charge in [0, 0.05) is 0 Å². The first-order valence-electron chi connectivity index (χ1n) is 4.78. The number of nitrogens with zero attached hydrogens (tertiary/aromatic N) is 2. The molecule has 0 unspecified atom stereocenters. The highest BCUT2D eigenvalue weighted by atomic mass is 32.2. The molecule has 0 heterocycles. The van der Waals surface area contributed by atoms with Crippen LogP contribution in [0.3, 0.4) is 0 Å². The summed E-state index contributed by atoms with van der Waals surface area (Å²) in [6, 6.07) is 1.12. The molecule has 0 aliphatic carbocycles. The molecule has 3 heteroatoms. The van der Waals surface area contributed by atoms with Crippen LogP contribution in [0.15, 0.2) is 0 Å². The van der Waals surface area contributed by atoms with Crippen LogP contribution in [-0.4, -0.2) is 47.1 Å². The molecule has 0 radical (unpaired) electrons. The van der Waals surface area contributed by atoms with Gasteiger partial charge < -0.3 is 0 Å². The summed E-state index contributed by atoms with van der Waals surface area (Å²) in [4.78, 5) is 2.44. The Kier molecular flexibility index (Phi) is 5.45. The van der Waals surface area contributed by atoms with E-state index < -0.39 is 0 Å². The molecule has 0 aromatic carbocycles. The van der Waals surface area contributed by atoms with Gasteiger partial charge in [0.2, 0.25) is 0 Å². The highest BCUT2D eigenvalue weighted by Gasteiger charge is 2.25. The van der Waals surface area contributed by atoms with E-state index in [1.165, 1.54) is 5.17 Å². The maximum atomic E-state index is 2.44. The average Bonchev–Trinajstić information content (AvgIpc) is 1.97. The zero-order chi connectivity index (χ0) is 10.6. The molecule has 0 spiro atoms. The predicted octanol–water partition coefficient (Wildman–Crippen LogP) is 2.10. The number of amidine groups is 1. The van der Waals surface area contributed by atoms with Crippen LogP contribution in [0.2, 0.25) is 0 Å². The van der Waals surface area contributed by atoms with Crippen molar-refractivity contribution in [2.45, 2.75) is 39.8 Å². The maximum absolute atomic E-state index is 2.44. The second-order valence-electron chi connectivity index (χ2n) is 3.98. The van der Waals surface area contributed by atoms with Crippen LogP contribution in [-0.2, 0) is 0 Å². The Morgan fingerprint density at radius 1 is 1.08 bits per heavy atom. The lowest BCUT2D eigenvalue weighted by atomic mass is 10.2. The van der Waals surface area contributed by atoms with Crippen LogP contribution < -0.4 is 0 Å². The molecule has 0 fully saturated rings. The molecule has 2 nitrogen and oxygen atoms in total. The SMILES string of the molecule is CSC(N(C(C)C)C(C)C)=[N+](C)C. The lowest BCUT2D eigenvalue weighted by molar-refractivity contribution is -0.467. The summed E-state index contributed by atoms with van der Waals surface area (Å²) in [6.07, 6.45) is 2.13. The summed E-state index contributed by atoms with van der Waals surface area (Å²) in [5.74, 6) is 0. The van der Waals surface area contributed by atoms with Crippen LogP contribution >= 0.6 is 11.8 Å². The first kappa shape index (κ1) is 12.8. The molecule has 0 aliphatic heterocycles. The first-order valence-corrected chi connectivity index (χ1v) is 6.00. The van der Waals surface area contributed by atoms with E-state index in [4.69, 9.17) is 0 Å². The highest BCUT2D eigenvalue weighted by Crippen LogP contribution is 2.12. The third kappa shape index (κ3) is 3.59. The molecule has 0 saturated heterocycles. The Balaban J connectivity index is 4.82. The maximum Gasteiger partial charge on any atom is 0.308 e. The Labute approximate surface area is 87.0 Å². The fourth-order valence-corrected chi connectivity index (χ4v) is 2.55. The Morgan fingerprint density at radius 3 is 1.54 bits per heavy atom. The lowest BCUT2D eigenvalue weighted by Crippen LogP contribution is -2.43. The quantitative estimate of drug-likeness (QED) is 0.385. The van der Waals surface area contributed by atoms with E-state index in [2.05, 4.69) is 57.5 Å². The largest absolute Gasteiger partial charge is 0.308 e. The molecular formula is C10H23N2S+. The third-order valence-electron chi connectivity index (χ3n) is 1.90. The predicted molar refractivity (Wildman–Crippen MR) is 62.7 cm³/mol. The summed E-state index contributed by atoms with van der Waals surface area (Å²) >= 11 is 1.81. The zero-order valence-electron chi connectivity index (χ0n) is 9.96. The van der Waals surface area contributed by atoms with Crippen molar-refractivity contribution in [2.24, 2.45) is 0 Å². The van der Waals surface area contributed by atoms with E-state index in [1.807, 2.05) is 11.8 Å². The van der Waals surface area contributed by atoms with E-state index in [0.29, 0.717) is 12.1 Å². The topological polar surface area (TPSA) is 6.25 Å². The third-order valence-corrected chi connectivity index (χ3v) is 2.84. The fraction of sp³-hybridized carbons (Fsp3) is 0.900. The molecule has 13 heavy (non-hydrogen) atoms. The zero-order valence-corrected chi connectivity index (χ0v) is 10.8. The van der Waals surface area contributed by atoms with Crippen molar-refractivity contribution >= 4 is 16.9 Å². The molecule has 78 valence electrons. The summed E-state index contributed by atoms with van der Waals surface area (Å²) in [5.41, 5.74) is 0. The van der Waals surface area contributed by atoms with Crippen LogP contribution in [0.1, 0.15) is 27.7 Å². The van der Waals surface area contributed by atoms with E-state index in [9.17, 15) is 0 Å². The molecule has 0 N–H and O–H groups in total. The van der Waals surface area contributed by atoms with Crippen LogP contribution in [0.25, 0.3) is 0 Å². The number of hydrogen-bond acceptors (Lipinski definition) is 1. The average molecular weight is 203 g/mol. The number of thioether (sulfide) groups is 1. The number of hydrogen-bond donors (Lipinski definition) is 0. The van der Waals surface area contributed by atoms with E-state index >= 15 is 0 Å². The van der Waals surface area contributed by atoms with E-state index in [-0.39, 0.29) is 0 Å². The smallest absolute Gasteiger partial charge is 0.262 e. The van der Waals surface area contributed by atoms with Crippen molar-refractivity contribution in [3.8, 4) is 0 Å². The number of rotatable bonds is 2. The fourth-order valence-electron chi connectivity index (χ4n) is 1.56. The van der Waals surface area contributed by atoms with Gasteiger partial charge >= 0.3 is 5.17 Å². The highest BCUT2D eigenvalue weighted by molar-refractivity contribution is 8.12. The Hall–Kier alpha value is -0.180. The van der Waals surface area contributed by atoms with Gasteiger partial charge in [0.05, 0.1) is 26.2 Å². The van der Waals surface area contributed by atoms with Gasteiger partial charge in [0.15, 0.2) is 0 Å². The minimum absolute atomic E-state index is 0.560.